The Labute approximate surface area is 157 Å². The molecule has 2 aromatic rings. The number of piperidine rings is 1. The van der Waals surface area contributed by atoms with Crippen molar-refractivity contribution in [3.63, 3.8) is 0 Å². The smallest absolute Gasteiger partial charge is 0.226 e. The monoisotopic (exact) mass is 371 g/mol. The number of carbonyl (C=O) groups is 1. The van der Waals surface area contributed by atoms with Crippen molar-refractivity contribution in [1.29, 1.82) is 0 Å². The minimum absolute atomic E-state index is 0.190. The molecule has 7 heteroatoms. The molecular formula is C19H25N5OS. The lowest BCUT2D eigenvalue weighted by Gasteiger charge is -2.35. The first-order valence-electron chi connectivity index (χ1n) is 9.75. The average Bonchev–Trinajstić information content (AvgIpc) is 3.39. The summed E-state index contributed by atoms with van der Waals surface area (Å²) in [6, 6.07) is 2.18. The second-order valence-electron chi connectivity index (χ2n) is 7.72. The van der Waals surface area contributed by atoms with Crippen molar-refractivity contribution in [2.24, 2.45) is 5.92 Å². The topological polar surface area (TPSA) is 54.3 Å². The molecule has 3 aliphatic heterocycles. The van der Waals surface area contributed by atoms with Crippen LogP contribution in [-0.4, -0.2) is 50.1 Å². The van der Waals surface area contributed by atoms with Crippen LogP contribution in [0.1, 0.15) is 41.4 Å². The summed E-state index contributed by atoms with van der Waals surface area (Å²) in [4.78, 5) is 18.9. The van der Waals surface area contributed by atoms with E-state index in [1.807, 2.05) is 11.3 Å². The third-order valence-electron chi connectivity index (χ3n) is 6.11. The van der Waals surface area contributed by atoms with Crippen LogP contribution < -0.4 is 0 Å². The minimum atomic E-state index is 0.190. The highest BCUT2D eigenvalue weighted by Gasteiger charge is 2.31. The predicted molar refractivity (Wildman–Crippen MR) is 99.8 cm³/mol. The second-order valence-corrected chi connectivity index (χ2v) is 8.72. The van der Waals surface area contributed by atoms with Gasteiger partial charge in [0.1, 0.15) is 11.6 Å². The number of hydrogen-bond donors (Lipinski definition) is 0. The van der Waals surface area contributed by atoms with E-state index in [-0.39, 0.29) is 5.92 Å². The quantitative estimate of drug-likeness (QED) is 0.829. The normalized spacial score (nSPS) is 21.0. The first-order valence-corrected chi connectivity index (χ1v) is 10.6. The van der Waals surface area contributed by atoms with Crippen LogP contribution in [0.4, 0.5) is 0 Å². The number of aryl methyl sites for hydroxylation is 1. The van der Waals surface area contributed by atoms with Crippen molar-refractivity contribution in [3.8, 4) is 0 Å². The highest BCUT2D eigenvalue weighted by Crippen LogP contribution is 2.27. The van der Waals surface area contributed by atoms with Crippen LogP contribution in [0.5, 0.6) is 0 Å². The molecule has 0 aromatic carbocycles. The van der Waals surface area contributed by atoms with Gasteiger partial charge in [-0.3, -0.25) is 9.69 Å². The maximum atomic E-state index is 12.9. The standard InChI is InChI=1S/C19H25N5OS/c25-19(23-10-5-16-15(12-23)6-11-26-16)14-3-8-22(9-4-14)13-18-21-20-17-2-1-7-24(17)18/h6,11,14H,1-5,7-10,12-13H2. The van der Waals surface area contributed by atoms with Gasteiger partial charge >= 0.3 is 0 Å². The molecule has 0 spiro atoms. The van der Waals surface area contributed by atoms with E-state index in [4.69, 9.17) is 0 Å². The van der Waals surface area contributed by atoms with Crippen molar-refractivity contribution < 1.29 is 4.79 Å². The molecule has 2 aromatic heterocycles. The van der Waals surface area contributed by atoms with Crippen LogP contribution in [0.25, 0.3) is 0 Å². The van der Waals surface area contributed by atoms with Gasteiger partial charge < -0.3 is 9.47 Å². The van der Waals surface area contributed by atoms with Gasteiger partial charge in [-0.05, 0) is 55.8 Å². The molecule has 138 valence electrons. The maximum absolute atomic E-state index is 12.9. The van der Waals surface area contributed by atoms with Crippen molar-refractivity contribution in [3.05, 3.63) is 33.5 Å². The first kappa shape index (κ1) is 16.4. The summed E-state index contributed by atoms with van der Waals surface area (Å²) in [5.74, 6) is 2.80. The Morgan fingerprint density at radius 1 is 1.15 bits per heavy atom. The van der Waals surface area contributed by atoms with Gasteiger partial charge in [0.25, 0.3) is 0 Å². The number of hydrogen-bond acceptors (Lipinski definition) is 5. The zero-order valence-corrected chi connectivity index (χ0v) is 15.9. The molecule has 0 bridgehead atoms. The van der Waals surface area contributed by atoms with Crippen LogP contribution in [-0.2, 0) is 37.3 Å². The molecule has 1 amide bonds. The van der Waals surface area contributed by atoms with E-state index in [0.717, 1.165) is 76.6 Å². The van der Waals surface area contributed by atoms with Crippen LogP contribution >= 0.6 is 11.3 Å². The number of likely N-dealkylation sites (tertiary alicyclic amines) is 1. The number of nitrogens with zero attached hydrogens (tertiary/aromatic N) is 5. The zero-order valence-electron chi connectivity index (χ0n) is 15.1. The molecule has 5 heterocycles. The van der Waals surface area contributed by atoms with E-state index >= 15 is 0 Å². The highest BCUT2D eigenvalue weighted by atomic mass is 32.1. The highest BCUT2D eigenvalue weighted by molar-refractivity contribution is 7.10. The summed E-state index contributed by atoms with van der Waals surface area (Å²) >= 11 is 1.83. The third-order valence-corrected chi connectivity index (χ3v) is 7.13. The summed E-state index contributed by atoms with van der Waals surface area (Å²) in [7, 11) is 0. The van der Waals surface area contributed by atoms with Gasteiger partial charge in [-0.15, -0.1) is 21.5 Å². The van der Waals surface area contributed by atoms with Crippen molar-refractivity contribution in [1.82, 2.24) is 24.6 Å². The number of fused-ring (bicyclic) bond motifs is 2. The number of carbonyl (C=O) groups excluding carboxylic acids is 1. The summed E-state index contributed by atoms with van der Waals surface area (Å²) in [6.07, 6.45) is 5.20. The van der Waals surface area contributed by atoms with Crippen LogP contribution in [0.15, 0.2) is 11.4 Å². The van der Waals surface area contributed by atoms with Crippen LogP contribution in [0, 0.1) is 5.92 Å². The molecule has 0 N–H and O–H groups in total. The van der Waals surface area contributed by atoms with E-state index in [0.29, 0.717) is 5.91 Å². The number of thiophene rings is 1. The van der Waals surface area contributed by atoms with Gasteiger partial charge in [0.15, 0.2) is 0 Å². The molecule has 0 saturated carbocycles. The van der Waals surface area contributed by atoms with E-state index in [1.54, 1.807) is 0 Å². The van der Waals surface area contributed by atoms with E-state index in [1.165, 1.54) is 16.9 Å². The van der Waals surface area contributed by atoms with Gasteiger partial charge in [0, 0.05) is 36.9 Å². The van der Waals surface area contributed by atoms with Gasteiger partial charge in [-0.25, -0.2) is 0 Å². The molecule has 5 rings (SSSR count). The Morgan fingerprint density at radius 2 is 2.04 bits per heavy atom. The summed E-state index contributed by atoms with van der Waals surface area (Å²) in [6.45, 7) is 5.59. The van der Waals surface area contributed by atoms with E-state index < -0.39 is 0 Å². The lowest BCUT2D eigenvalue weighted by molar-refractivity contribution is -0.138. The minimum Gasteiger partial charge on any atom is -0.338 e. The van der Waals surface area contributed by atoms with E-state index in [2.05, 4.69) is 36.0 Å². The Balaban J connectivity index is 1.16. The Kier molecular flexibility index (Phi) is 4.29. The largest absolute Gasteiger partial charge is 0.338 e. The fourth-order valence-electron chi connectivity index (χ4n) is 4.56. The van der Waals surface area contributed by atoms with Gasteiger partial charge in [0.05, 0.1) is 6.54 Å². The molecular weight excluding hydrogens is 346 g/mol. The third kappa shape index (κ3) is 2.97. The van der Waals surface area contributed by atoms with Crippen LogP contribution in [0.2, 0.25) is 0 Å². The van der Waals surface area contributed by atoms with Crippen LogP contribution in [0.3, 0.4) is 0 Å². The lowest BCUT2D eigenvalue weighted by atomic mass is 9.94. The SMILES string of the molecule is O=C(C1CCN(Cc2nnc3n2CCC3)CC1)N1CCc2sccc2C1. The predicted octanol–water partition coefficient (Wildman–Crippen LogP) is 2.08. The molecule has 0 radical (unpaired) electrons. The molecule has 0 atom stereocenters. The Bertz CT molecular complexity index is 805. The maximum Gasteiger partial charge on any atom is 0.226 e. The molecule has 26 heavy (non-hydrogen) atoms. The molecule has 1 saturated heterocycles. The van der Waals surface area contributed by atoms with Gasteiger partial charge in [-0.1, -0.05) is 0 Å². The average molecular weight is 372 g/mol. The fourth-order valence-corrected chi connectivity index (χ4v) is 5.45. The number of amides is 1. The summed E-state index contributed by atoms with van der Waals surface area (Å²) in [5.41, 5.74) is 1.35. The molecule has 6 nitrogen and oxygen atoms in total. The van der Waals surface area contributed by atoms with Crippen molar-refractivity contribution in [2.75, 3.05) is 19.6 Å². The number of rotatable bonds is 3. The molecule has 0 unspecified atom stereocenters. The summed E-state index contributed by atoms with van der Waals surface area (Å²) in [5, 5.41) is 10.8. The van der Waals surface area contributed by atoms with Gasteiger partial charge in [0.2, 0.25) is 5.91 Å². The molecule has 3 aliphatic rings. The molecule has 1 fully saturated rings. The Hall–Kier alpha value is -1.73. The van der Waals surface area contributed by atoms with Crippen molar-refractivity contribution >= 4 is 17.2 Å². The second kappa shape index (κ2) is 6.78. The molecule has 0 aliphatic carbocycles. The number of aromatic nitrogens is 3. The fraction of sp³-hybridized carbons (Fsp3) is 0.632. The lowest BCUT2D eigenvalue weighted by Crippen LogP contribution is -2.44. The van der Waals surface area contributed by atoms with Crippen molar-refractivity contribution in [2.45, 2.75) is 51.7 Å². The zero-order chi connectivity index (χ0) is 17.5. The first-order chi connectivity index (χ1) is 12.8. The van der Waals surface area contributed by atoms with Gasteiger partial charge in [-0.2, -0.15) is 0 Å². The summed E-state index contributed by atoms with van der Waals surface area (Å²) < 4.78 is 2.28. The Morgan fingerprint density at radius 3 is 2.92 bits per heavy atom. The van der Waals surface area contributed by atoms with E-state index in [9.17, 15) is 4.79 Å².